The second-order valence-electron chi connectivity index (χ2n) is 8.08. The molecule has 4 rings (SSSR count). The summed E-state index contributed by atoms with van der Waals surface area (Å²) in [6, 6.07) is 10.5. The van der Waals surface area contributed by atoms with E-state index in [1.165, 1.54) is 24.6 Å². The highest BCUT2D eigenvalue weighted by Crippen LogP contribution is 2.35. The Morgan fingerprint density at radius 2 is 2.10 bits per heavy atom. The molecule has 0 saturated carbocycles. The highest BCUT2D eigenvalue weighted by atomic mass is 16.5. The van der Waals surface area contributed by atoms with Crippen molar-refractivity contribution in [2.24, 2.45) is 5.41 Å². The van der Waals surface area contributed by atoms with Gasteiger partial charge in [0.15, 0.2) is 5.76 Å². The van der Waals surface area contributed by atoms with Gasteiger partial charge in [-0.2, -0.15) is 0 Å². The summed E-state index contributed by atoms with van der Waals surface area (Å²) in [5.74, 6) is -0.902. The van der Waals surface area contributed by atoms with Crippen LogP contribution < -0.4 is 4.90 Å². The van der Waals surface area contributed by atoms with Gasteiger partial charge in [0.25, 0.3) is 5.91 Å². The SMILES string of the molecule is COCC1(C(=O)O)CCN(C(=O)c2occc2CN2c3ccccc3CC2C)C1. The lowest BCUT2D eigenvalue weighted by Gasteiger charge is -2.25. The fourth-order valence-electron chi connectivity index (χ4n) is 4.52. The molecular weight excluding hydrogens is 372 g/mol. The van der Waals surface area contributed by atoms with Crippen molar-refractivity contribution < 1.29 is 23.8 Å². The van der Waals surface area contributed by atoms with Gasteiger partial charge in [-0.1, -0.05) is 18.2 Å². The number of anilines is 1. The maximum atomic E-state index is 13.1. The van der Waals surface area contributed by atoms with Crippen molar-refractivity contribution in [1.82, 2.24) is 4.90 Å². The Labute approximate surface area is 169 Å². The average Bonchev–Trinajstić information content (AvgIpc) is 3.41. The number of benzene rings is 1. The summed E-state index contributed by atoms with van der Waals surface area (Å²) in [7, 11) is 1.48. The molecule has 1 aromatic heterocycles. The number of ether oxygens (including phenoxy) is 1. The second-order valence-corrected chi connectivity index (χ2v) is 8.08. The number of aliphatic carboxylic acids is 1. The number of carboxylic acids is 1. The molecule has 1 N–H and O–H groups in total. The average molecular weight is 398 g/mol. The molecule has 3 heterocycles. The number of hydrogen-bond donors (Lipinski definition) is 1. The van der Waals surface area contributed by atoms with Gasteiger partial charge in [0.1, 0.15) is 5.41 Å². The molecule has 1 saturated heterocycles. The Morgan fingerprint density at radius 1 is 1.31 bits per heavy atom. The number of furan rings is 1. The van der Waals surface area contributed by atoms with E-state index >= 15 is 0 Å². The van der Waals surface area contributed by atoms with Crippen molar-refractivity contribution in [3.63, 3.8) is 0 Å². The molecule has 0 bridgehead atoms. The van der Waals surface area contributed by atoms with Crippen LogP contribution in [0.5, 0.6) is 0 Å². The Balaban J connectivity index is 1.53. The molecule has 1 aromatic carbocycles. The third kappa shape index (κ3) is 3.40. The summed E-state index contributed by atoms with van der Waals surface area (Å²) in [6.07, 6.45) is 2.88. The van der Waals surface area contributed by atoms with Gasteiger partial charge in [-0.3, -0.25) is 9.59 Å². The van der Waals surface area contributed by atoms with E-state index in [9.17, 15) is 14.7 Å². The van der Waals surface area contributed by atoms with Gasteiger partial charge < -0.3 is 24.1 Å². The van der Waals surface area contributed by atoms with E-state index in [0.29, 0.717) is 31.3 Å². The van der Waals surface area contributed by atoms with Crippen molar-refractivity contribution in [3.05, 3.63) is 53.5 Å². The van der Waals surface area contributed by atoms with Crippen molar-refractivity contribution >= 4 is 17.6 Å². The van der Waals surface area contributed by atoms with E-state index in [1.54, 1.807) is 4.90 Å². The normalized spacial score (nSPS) is 23.4. The number of fused-ring (bicyclic) bond motifs is 1. The molecule has 2 aromatic rings. The van der Waals surface area contributed by atoms with Crippen molar-refractivity contribution in [2.45, 2.75) is 32.4 Å². The smallest absolute Gasteiger partial charge is 0.313 e. The first kappa shape index (κ1) is 19.5. The Bertz CT molecular complexity index is 923. The molecule has 1 fully saturated rings. The highest BCUT2D eigenvalue weighted by molar-refractivity contribution is 5.94. The summed E-state index contributed by atoms with van der Waals surface area (Å²) < 4.78 is 10.7. The quantitative estimate of drug-likeness (QED) is 0.806. The van der Waals surface area contributed by atoms with Crippen molar-refractivity contribution in [2.75, 3.05) is 31.7 Å². The van der Waals surface area contributed by atoms with Crippen LogP contribution in [0.3, 0.4) is 0 Å². The molecule has 2 unspecified atom stereocenters. The third-order valence-corrected chi connectivity index (χ3v) is 6.15. The molecule has 2 aliphatic heterocycles. The van der Waals surface area contributed by atoms with Gasteiger partial charge in [-0.15, -0.1) is 0 Å². The number of nitrogens with zero attached hydrogens (tertiary/aromatic N) is 2. The Hall–Kier alpha value is -2.80. The Morgan fingerprint density at radius 3 is 2.86 bits per heavy atom. The first-order valence-electron chi connectivity index (χ1n) is 9.88. The number of para-hydroxylation sites is 1. The van der Waals surface area contributed by atoms with Crippen LogP contribution in [0.2, 0.25) is 0 Å². The summed E-state index contributed by atoms with van der Waals surface area (Å²) in [6.45, 7) is 3.33. The fourth-order valence-corrected chi connectivity index (χ4v) is 4.52. The lowest BCUT2D eigenvalue weighted by Crippen LogP contribution is -2.40. The molecule has 0 radical (unpaired) electrons. The number of likely N-dealkylation sites (tertiary alicyclic amines) is 1. The zero-order valence-corrected chi connectivity index (χ0v) is 16.8. The van der Waals surface area contributed by atoms with Crippen LogP contribution in [0, 0.1) is 5.41 Å². The van der Waals surface area contributed by atoms with Gasteiger partial charge in [-0.05, 0) is 37.5 Å². The highest BCUT2D eigenvalue weighted by Gasteiger charge is 2.47. The zero-order chi connectivity index (χ0) is 20.6. The second kappa shape index (κ2) is 7.55. The lowest BCUT2D eigenvalue weighted by atomic mass is 9.88. The number of carbonyl (C=O) groups is 2. The first-order chi connectivity index (χ1) is 13.9. The van der Waals surface area contributed by atoms with E-state index in [0.717, 1.165) is 12.0 Å². The molecule has 29 heavy (non-hydrogen) atoms. The summed E-state index contributed by atoms with van der Waals surface area (Å²) in [5.41, 5.74) is 2.25. The largest absolute Gasteiger partial charge is 0.481 e. The van der Waals surface area contributed by atoms with Crippen LogP contribution in [0.1, 0.15) is 35.0 Å². The fraction of sp³-hybridized carbons (Fsp3) is 0.455. The molecule has 154 valence electrons. The molecule has 7 heteroatoms. The van der Waals surface area contributed by atoms with Crippen LogP contribution in [-0.4, -0.2) is 54.7 Å². The topological polar surface area (TPSA) is 83.2 Å². The third-order valence-electron chi connectivity index (χ3n) is 6.15. The van der Waals surface area contributed by atoms with Crippen LogP contribution in [0.15, 0.2) is 41.0 Å². The molecule has 0 spiro atoms. The van der Waals surface area contributed by atoms with Crippen LogP contribution in [0.25, 0.3) is 0 Å². The minimum atomic E-state index is -1.06. The zero-order valence-electron chi connectivity index (χ0n) is 16.8. The number of hydrogen-bond acceptors (Lipinski definition) is 5. The van der Waals surface area contributed by atoms with E-state index in [-0.39, 0.29) is 19.1 Å². The maximum Gasteiger partial charge on any atom is 0.313 e. The van der Waals surface area contributed by atoms with Gasteiger partial charge in [0, 0.05) is 44.0 Å². The number of amides is 1. The summed E-state index contributed by atoms with van der Waals surface area (Å²) >= 11 is 0. The molecule has 7 nitrogen and oxygen atoms in total. The molecule has 1 amide bonds. The number of carbonyl (C=O) groups excluding carboxylic acids is 1. The molecule has 2 atom stereocenters. The van der Waals surface area contributed by atoms with Gasteiger partial charge in [0.2, 0.25) is 0 Å². The van der Waals surface area contributed by atoms with Crippen molar-refractivity contribution in [3.8, 4) is 0 Å². The predicted molar refractivity (Wildman–Crippen MR) is 107 cm³/mol. The minimum absolute atomic E-state index is 0.0825. The summed E-state index contributed by atoms with van der Waals surface area (Å²) in [5, 5.41) is 9.64. The Kier molecular flexibility index (Phi) is 5.08. The van der Waals surface area contributed by atoms with Crippen LogP contribution >= 0.6 is 0 Å². The van der Waals surface area contributed by atoms with E-state index in [4.69, 9.17) is 9.15 Å². The summed E-state index contributed by atoms with van der Waals surface area (Å²) in [4.78, 5) is 28.7. The molecular formula is C22H26N2O5. The monoisotopic (exact) mass is 398 g/mol. The predicted octanol–water partition coefficient (Wildman–Crippen LogP) is 2.79. The van der Waals surface area contributed by atoms with Crippen LogP contribution in [0.4, 0.5) is 5.69 Å². The molecule has 0 aliphatic carbocycles. The maximum absolute atomic E-state index is 13.1. The van der Waals surface area contributed by atoms with Gasteiger partial charge in [0.05, 0.1) is 12.9 Å². The van der Waals surface area contributed by atoms with Crippen LogP contribution in [-0.2, 0) is 22.5 Å². The van der Waals surface area contributed by atoms with E-state index in [1.807, 2.05) is 18.2 Å². The van der Waals surface area contributed by atoms with Crippen molar-refractivity contribution in [1.29, 1.82) is 0 Å². The minimum Gasteiger partial charge on any atom is -0.481 e. The number of rotatable bonds is 6. The van der Waals surface area contributed by atoms with E-state index in [2.05, 4.69) is 24.0 Å². The van der Waals surface area contributed by atoms with Gasteiger partial charge >= 0.3 is 5.97 Å². The standard InChI is InChI=1S/C22H26N2O5/c1-15-11-16-5-3-4-6-18(16)24(15)12-17-7-10-29-19(17)20(25)23-9-8-22(13-23,14-28-2)21(26)27/h3-7,10,15H,8-9,11-14H2,1-2H3,(H,26,27). The van der Waals surface area contributed by atoms with E-state index < -0.39 is 11.4 Å². The number of methoxy groups -OCH3 is 1. The molecule has 2 aliphatic rings. The van der Waals surface area contributed by atoms with Gasteiger partial charge in [-0.25, -0.2) is 0 Å². The number of carboxylic acid groups (broad SMARTS) is 1. The lowest BCUT2D eigenvalue weighted by molar-refractivity contribution is -0.151. The first-order valence-corrected chi connectivity index (χ1v) is 9.88.